The van der Waals surface area contributed by atoms with Gasteiger partial charge in [-0.3, -0.25) is 0 Å². The molecule has 58 valence electrons. The first-order valence-electron chi connectivity index (χ1n) is 2.92. The molecule has 0 radical (unpaired) electrons. The number of hydrogen-bond donors (Lipinski definition) is 0. The van der Waals surface area contributed by atoms with Gasteiger partial charge in [0.25, 0.3) is 0 Å². The minimum absolute atomic E-state index is 0.335. The Morgan fingerprint density at radius 3 is 2.10 bits per heavy atom. The number of nitriles is 1. The lowest BCUT2D eigenvalue weighted by Crippen LogP contribution is -2.28. The van der Waals surface area contributed by atoms with Crippen molar-refractivity contribution in [1.82, 2.24) is 4.90 Å². The van der Waals surface area contributed by atoms with Crippen LogP contribution in [0.15, 0.2) is 0 Å². The van der Waals surface area contributed by atoms with Crippen molar-refractivity contribution in [3.8, 4) is 6.07 Å². The molecule has 10 heavy (non-hydrogen) atoms. The summed E-state index contributed by atoms with van der Waals surface area (Å²) in [6.45, 7) is 1.20. The molecule has 0 unspecified atom stereocenters. The third-order valence-corrected chi connectivity index (χ3v) is 0.918. The van der Waals surface area contributed by atoms with E-state index in [2.05, 4.69) is 0 Å². The average molecular weight is 144 g/mol. The van der Waals surface area contributed by atoms with Gasteiger partial charge in [-0.15, -0.1) is 0 Å². The number of hydrogen-bond acceptors (Lipinski definition) is 4. The highest BCUT2D eigenvalue weighted by Gasteiger charge is 2.00. The van der Waals surface area contributed by atoms with E-state index in [9.17, 15) is 0 Å². The quantitative estimate of drug-likeness (QED) is 0.403. The van der Waals surface area contributed by atoms with Crippen LogP contribution in [0.5, 0.6) is 0 Å². The third-order valence-electron chi connectivity index (χ3n) is 0.918. The molecule has 4 nitrogen and oxygen atoms in total. The highest BCUT2D eigenvalue weighted by atomic mass is 16.5. The number of nitrogens with zero attached hydrogens (tertiary/aromatic N) is 2. The van der Waals surface area contributed by atoms with Gasteiger partial charge in [0.1, 0.15) is 13.5 Å². The summed E-state index contributed by atoms with van der Waals surface area (Å²) in [6, 6.07) is 2.00. The molecule has 0 saturated heterocycles. The highest BCUT2D eigenvalue weighted by Crippen LogP contribution is 1.85. The molecular weight excluding hydrogens is 132 g/mol. The van der Waals surface area contributed by atoms with Crippen molar-refractivity contribution in [2.75, 3.05) is 34.2 Å². The van der Waals surface area contributed by atoms with E-state index in [-0.39, 0.29) is 0 Å². The molecule has 0 aromatic carbocycles. The summed E-state index contributed by atoms with van der Waals surface area (Å²) in [5.74, 6) is 0. The van der Waals surface area contributed by atoms with E-state index >= 15 is 0 Å². The van der Waals surface area contributed by atoms with E-state index in [4.69, 9.17) is 14.7 Å². The fourth-order valence-corrected chi connectivity index (χ4v) is 0.594. The lowest BCUT2D eigenvalue weighted by molar-refractivity contribution is -0.00499. The molecule has 0 aliphatic heterocycles. The van der Waals surface area contributed by atoms with Crippen LogP contribution in [0.2, 0.25) is 0 Å². The van der Waals surface area contributed by atoms with E-state index in [0.29, 0.717) is 20.0 Å². The van der Waals surface area contributed by atoms with E-state index in [1.54, 1.807) is 19.1 Å². The predicted octanol–water partition coefficient (Wildman–Crippen LogP) is 0.0198. The molecule has 0 aliphatic rings. The summed E-state index contributed by atoms with van der Waals surface area (Å²) in [7, 11) is 3.17. The Labute approximate surface area is 60.9 Å². The third kappa shape index (κ3) is 4.27. The maximum absolute atomic E-state index is 8.29. The van der Waals surface area contributed by atoms with Gasteiger partial charge < -0.3 is 9.47 Å². The summed E-state index contributed by atoms with van der Waals surface area (Å²) in [6.07, 6.45) is 0. The zero-order chi connectivity index (χ0) is 7.82. The van der Waals surface area contributed by atoms with Crippen LogP contribution in [0, 0.1) is 11.3 Å². The van der Waals surface area contributed by atoms with Crippen LogP contribution < -0.4 is 0 Å². The second-order valence-electron chi connectivity index (χ2n) is 1.82. The molecule has 0 bridgehead atoms. The summed E-state index contributed by atoms with van der Waals surface area (Å²) >= 11 is 0. The number of rotatable bonds is 5. The van der Waals surface area contributed by atoms with Gasteiger partial charge in [0.2, 0.25) is 0 Å². The smallest absolute Gasteiger partial charge is 0.101 e. The van der Waals surface area contributed by atoms with Gasteiger partial charge in [0.15, 0.2) is 0 Å². The molecular formula is C6H12N2O2. The lowest BCUT2D eigenvalue weighted by atomic mass is 10.6. The maximum atomic E-state index is 8.29. The van der Waals surface area contributed by atoms with Gasteiger partial charge in [-0.05, 0) is 0 Å². The summed E-state index contributed by atoms with van der Waals surface area (Å²) in [5.41, 5.74) is 0. The summed E-state index contributed by atoms with van der Waals surface area (Å²) in [4.78, 5) is 1.74. The largest absolute Gasteiger partial charge is 0.369 e. The molecule has 0 atom stereocenters. The Kier molecular flexibility index (Phi) is 6.08. The number of methoxy groups -OCH3 is 2. The van der Waals surface area contributed by atoms with Crippen LogP contribution in [-0.2, 0) is 9.47 Å². The first kappa shape index (κ1) is 9.37. The Hall–Kier alpha value is -0.630. The van der Waals surface area contributed by atoms with E-state index < -0.39 is 0 Å². The average Bonchev–Trinajstić information content (AvgIpc) is 1.90. The molecule has 0 rings (SSSR count). The second kappa shape index (κ2) is 6.49. The van der Waals surface area contributed by atoms with Crippen LogP contribution in [0.4, 0.5) is 0 Å². The Bertz CT molecular complexity index is 105. The minimum Gasteiger partial charge on any atom is -0.369 e. The molecule has 0 saturated carbocycles. The van der Waals surface area contributed by atoms with Crippen LogP contribution in [0.3, 0.4) is 0 Å². The van der Waals surface area contributed by atoms with E-state index in [0.717, 1.165) is 0 Å². The van der Waals surface area contributed by atoms with Crippen molar-refractivity contribution >= 4 is 0 Å². The molecule has 0 aliphatic carbocycles. The molecule has 0 amide bonds. The Morgan fingerprint density at radius 2 is 1.80 bits per heavy atom. The van der Waals surface area contributed by atoms with Gasteiger partial charge in [-0.1, -0.05) is 0 Å². The van der Waals surface area contributed by atoms with Crippen molar-refractivity contribution in [2.45, 2.75) is 0 Å². The summed E-state index contributed by atoms with van der Waals surface area (Å²) in [5, 5.41) is 8.29. The fraction of sp³-hybridized carbons (Fsp3) is 0.833. The Morgan fingerprint density at radius 1 is 1.30 bits per heavy atom. The van der Waals surface area contributed by atoms with Crippen LogP contribution >= 0.6 is 0 Å². The predicted molar refractivity (Wildman–Crippen MR) is 36.1 cm³/mol. The van der Waals surface area contributed by atoms with Crippen molar-refractivity contribution in [1.29, 1.82) is 5.26 Å². The summed E-state index contributed by atoms with van der Waals surface area (Å²) < 4.78 is 9.61. The van der Waals surface area contributed by atoms with Gasteiger partial charge >= 0.3 is 0 Å². The molecule has 0 heterocycles. The van der Waals surface area contributed by atoms with Crippen LogP contribution in [0.1, 0.15) is 0 Å². The standard InChI is InChI=1S/C6H12N2O2/c1-9-5-8(4-3-7)6-10-2/h4-6H2,1-2H3. The molecule has 0 N–H and O–H groups in total. The van der Waals surface area contributed by atoms with Gasteiger partial charge in [0.05, 0.1) is 12.6 Å². The fourth-order valence-electron chi connectivity index (χ4n) is 0.594. The van der Waals surface area contributed by atoms with E-state index in [1.165, 1.54) is 0 Å². The maximum Gasteiger partial charge on any atom is 0.101 e. The monoisotopic (exact) mass is 144 g/mol. The zero-order valence-electron chi connectivity index (χ0n) is 6.33. The second-order valence-corrected chi connectivity index (χ2v) is 1.82. The molecule has 0 fully saturated rings. The molecule has 4 heteroatoms. The topological polar surface area (TPSA) is 45.5 Å². The van der Waals surface area contributed by atoms with E-state index in [1.807, 2.05) is 6.07 Å². The van der Waals surface area contributed by atoms with Gasteiger partial charge in [0, 0.05) is 14.2 Å². The van der Waals surface area contributed by atoms with Crippen LogP contribution in [-0.4, -0.2) is 39.1 Å². The van der Waals surface area contributed by atoms with Gasteiger partial charge in [-0.25, -0.2) is 4.90 Å². The first-order valence-corrected chi connectivity index (χ1v) is 2.92. The van der Waals surface area contributed by atoms with Gasteiger partial charge in [-0.2, -0.15) is 5.26 Å². The molecule has 0 aromatic heterocycles. The molecule has 0 spiro atoms. The zero-order valence-corrected chi connectivity index (χ0v) is 6.33. The Balaban J connectivity index is 3.42. The first-order chi connectivity index (χ1) is 4.85. The van der Waals surface area contributed by atoms with Crippen molar-refractivity contribution in [2.24, 2.45) is 0 Å². The SMILES string of the molecule is COCN(CC#N)COC. The van der Waals surface area contributed by atoms with Crippen molar-refractivity contribution in [3.05, 3.63) is 0 Å². The van der Waals surface area contributed by atoms with Crippen molar-refractivity contribution in [3.63, 3.8) is 0 Å². The normalized spacial score (nSPS) is 9.80. The van der Waals surface area contributed by atoms with Crippen LogP contribution in [0.25, 0.3) is 0 Å². The highest BCUT2D eigenvalue weighted by molar-refractivity contribution is 4.73. The lowest BCUT2D eigenvalue weighted by Gasteiger charge is -2.15. The number of ether oxygens (including phenoxy) is 2. The van der Waals surface area contributed by atoms with Crippen molar-refractivity contribution < 1.29 is 9.47 Å². The minimum atomic E-state index is 0.335. The molecule has 0 aromatic rings.